The largest absolute Gasteiger partial charge is 0.505 e. The van der Waals surface area contributed by atoms with E-state index in [1.54, 1.807) is 0 Å². The third-order valence-electron chi connectivity index (χ3n) is 1.32. The first-order valence-electron chi connectivity index (χ1n) is 3.08. The molecule has 7 nitrogen and oxygen atoms in total. The van der Waals surface area contributed by atoms with Crippen LogP contribution in [0.25, 0.3) is 0 Å². The van der Waals surface area contributed by atoms with Crippen LogP contribution < -0.4 is 0 Å². The Morgan fingerprint density at radius 2 is 2.15 bits per heavy atom. The van der Waals surface area contributed by atoms with Gasteiger partial charge in [-0.3, -0.25) is 15.1 Å². The number of rotatable bonds is 2. The van der Waals surface area contributed by atoms with E-state index in [0.29, 0.717) is 0 Å². The Balaban J connectivity index is 3.43. The van der Waals surface area contributed by atoms with Crippen molar-refractivity contribution in [2.45, 2.75) is 0 Å². The quantitative estimate of drug-likeness (QED) is 0.507. The van der Waals surface area contributed by atoms with E-state index in [9.17, 15) is 14.9 Å². The number of hydrogen-bond acceptors (Lipinski definition) is 5. The molecule has 1 aromatic heterocycles. The van der Waals surface area contributed by atoms with Crippen molar-refractivity contribution in [2.24, 2.45) is 0 Å². The summed E-state index contributed by atoms with van der Waals surface area (Å²) in [4.78, 5) is 23.1. The van der Waals surface area contributed by atoms with Gasteiger partial charge in [0.15, 0.2) is 11.3 Å². The summed E-state index contributed by atoms with van der Waals surface area (Å²) in [5, 5.41) is 27.7. The second kappa shape index (κ2) is 3.05. The Morgan fingerprint density at radius 1 is 1.54 bits per heavy atom. The Morgan fingerprint density at radius 3 is 2.54 bits per heavy atom. The summed E-state index contributed by atoms with van der Waals surface area (Å²) in [5.41, 5.74) is -1.48. The molecule has 0 bridgehead atoms. The maximum atomic E-state index is 10.5. The summed E-state index contributed by atoms with van der Waals surface area (Å²) in [6, 6.07) is 0. The SMILES string of the molecule is O=C(O)c1c(O)cncc1[N+](=O)[O-]. The average Bonchev–Trinajstić information content (AvgIpc) is 2.02. The molecule has 0 spiro atoms. The van der Waals surface area contributed by atoms with Crippen LogP contribution in [-0.4, -0.2) is 26.1 Å². The normalized spacial score (nSPS) is 9.54. The van der Waals surface area contributed by atoms with Gasteiger partial charge in [-0.1, -0.05) is 0 Å². The summed E-state index contributed by atoms with van der Waals surface area (Å²) in [5.74, 6) is -2.28. The van der Waals surface area contributed by atoms with Crippen molar-refractivity contribution >= 4 is 11.7 Å². The summed E-state index contributed by atoms with van der Waals surface area (Å²) in [6.07, 6.45) is 1.60. The first kappa shape index (κ1) is 8.91. The van der Waals surface area contributed by atoms with Crippen molar-refractivity contribution in [3.8, 4) is 5.75 Å². The molecule has 1 aromatic rings. The number of aromatic hydroxyl groups is 1. The Hall–Kier alpha value is -2.18. The molecule has 0 aliphatic heterocycles. The fraction of sp³-hybridized carbons (Fsp3) is 0. The van der Waals surface area contributed by atoms with Crippen LogP contribution in [-0.2, 0) is 0 Å². The van der Waals surface area contributed by atoms with E-state index >= 15 is 0 Å². The van der Waals surface area contributed by atoms with Gasteiger partial charge in [-0.2, -0.15) is 0 Å². The molecule has 0 aliphatic carbocycles. The number of pyridine rings is 1. The lowest BCUT2D eigenvalue weighted by atomic mass is 10.2. The number of carboxylic acid groups (broad SMARTS) is 1. The fourth-order valence-electron chi connectivity index (χ4n) is 0.796. The molecule has 0 aromatic carbocycles. The molecule has 13 heavy (non-hydrogen) atoms. The van der Waals surface area contributed by atoms with E-state index < -0.39 is 27.9 Å². The van der Waals surface area contributed by atoms with Gasteiger partial charge in [0.25, 0.3) is 0 Å². The van der Waals surface area contributed by atoms with Crippen LogP contribution in [0.2, 0.25) is 0 Å². The minimum absolute atomic E-state index is 0.721. The Labute approximate surface area is 71.4 Å². The second-order valence-corrected chi connectivity index (χ2v) is 2.12. The summed E-state index contributed by atoms with van der Waals surface area (Å²) >= 11 is 0. The molecule has 0 fully saturated rings. The van der Waals surface area contributed by atoms with Crippen molar-refractivity contribution in [1.29, 1.82) is 0 Å². The molecule has 0 saturated heterocycles. The van der Waals surface area contributed by atoms with Crippen LogP contribution >= 0.6 is 0 Å². The molecule has 7 heteroatoms. The van der Waals surface area contributed by atoms with Gasteiger partial charge in [-0.05, 0) is 0 Å². The summed E-state index contributed by atoms with van der Waals surface area (Å²) < 4.78 is 0. The van der Waals surface area contributed by atoms with Gasteiger partial charge in [0.2, 0.25) is 0 Å². The lowest BCUT2D eigenvalue weighted by molar-refractivity contribution is -0.385. The van der Waals surface area contributed by atoms with Gasteiger partial charge < -0.3 is 10.2 Å². The van der Waals surface area contributed by atoms with Crippen LogP contribution in [0.15, 0.2) is 12.4 Å². The molecule has 2 N–H and O–H groups in total. The minimum Gasteiger partial charge on any atom is -0.505 e. The highest BCUT2D eigenvalue weighted by molar-refractivity contribution is 5.95. The predicted molar refractivity (Wildman–Crippen MR) is 39.5 cm³/mol. The molecule has 0 aliphatic rings. The van der Waals surface area contributed by atoms with Gasteiger partial charge in [-0.15, -0.1) is 0 Å². The molecular weight excluding hydrogens is 180 g/mol. The van der Waals surface area contributed by atoms with Crippen LogP contribution in [0, 0.1) is 10.1 Å². The topological polar surface area (TPSA) is 114 Å². The van der Waals surface area contributed by atoms with Gasteiger partial charge in [-0.25, -0.2) is 4.79 Å². The molecule has 0 unspecified atom stereocenters. The van der Waals surface area contributed by atoms with Crippen molar-refractivity contribution in [3.05, 3.63) is 28.1 Å². The van der Waals surface area contributed by atoms with E-state index in [1.165, 1.54) is 0 Å². The number of hydrogen-bond donors (Lipinski definition) is 2. The Bertz CT molecular complexity index is 375. The van der Waals surface area contributed by atoms with Gasteiger partial charge in [0.1, 0.15) is 6.20 Å². The number of aromatic carboxylic acids is 1. The lowest BCUT2D eigenvalue weighted by Crippen LogP contribution is -2.03. The zero-order chi connectivity index (χ0) is 10.0. The van der Waals surface area contributed by atoms with Gasteiger partial charge >= 0.3 is 11.7 Å². The van der Waals surface area contributed by atoms with E-state index in [0.717, 1.165) is 12.4 Å². The molecule has 1 rings (SSSR count). The van der Waals surface area contributed by atoms with Gasteiger partial charge in [0, 0.05) is 0 Å². The second-order valence-electron chi connectivity index (χ2n) is 2.12. The first-order valence-corrected chi connectivity index (χ1v) is 3.08. The number of nitro groups is 1. The van der Waals surface area contributed by atoms with Crippen LogP contribution in [0.1, 0.15) is 10.4 Å². The number of nitrogens with zero attached hydrogens (tertiary/aromatic N) is 2. The van der Waals surface area contributed by atoms with E-state index in [1.807, 2.05) is 0 Å². The van der Waals surface area contributed by atoms with Crippen molar-refractivity contribution < 1.29 is 19.9 Å². The first-order chi connectivity index (χ1) is 6.04. The maximum Gasteiger partial charge on any atom is 0.346 e. The highest BCUT2D eigenvalue weighted by atomic mass is 16.6. The Kier molecular flexibility index (Phi) is 2.09. The van der Waals surface area contributed by atoms with Crippen molar-refractivity contribution in [2.75, 3.05) is 0 Å². The number of aromatic nitrogens is 1. The van der Waals surface area contributed by atoms with Crippen molar-refractivity contribution in [3.63, 3.8) is 0 Å². The standard InChI is InChI=1S/C6H4N2O5/c9-4-2-7-1-3(8(12)13)5(4)6(10)11/h1-2,9H,(H,10,11). The lowest BCUT2D eigenvalue weighted by Gasteiger charge is -1.98. The highest BCUT2D eigenvalue weighted by Crippen LogP contribution is 2.25. The zero-order valence-corrected chi connectivity index (χ0v) is 6.17. The summed E-state index contributed by atoms with van der Waals surface area (Å²) in [6.45, 7) is 0. The number of carbonyl (C=O) groups is 1. The maximum absolute atomic E-state index is 10.5. The molecule has 0 atom stereocenters. The summed E-state index contributed by atoms with van der Waals surface area (Å²) in [7, 11) is 0. The third-order valence-corrected chi connectivity index (χ3v) is 1.32. The average molecular weight is 184 g/mol. The van der Waals surface area contributed by atoms with E-state index in [-0.39, 0.29) is 0 Å². The van der Waals surface area contributed by atoms with Crippen LogP contribution in [0.3, 0.4) is 0 Å². The zero-order valence-electron chi connectivity index (χ0n) is 6.17. The third kappa shape index (κ3) is 1.53. The highest BCUT2D eigenvalue weighted by Gasteiger charge is 2.23. The molecular formula is C6H4N2O5. The molecule has 68 valence electrons. The van der Waals surface area contributed by atoms with Gasteiger partial charge in [0.05, 0.1) is 11.1 Å². The van der Waals surface area contributed by atoms with Crippen LogP contribution in [0.4, 0.5) is 5.69 Å². The molecule has 1 heterocycles. The molecule has 0 saturated carbocycles. The number of carboxylic acids is 1. The van der Waals surface area contributed by atoms with Crippen molar-refractivity contribution in [1.82, 2.24) is 4.98 Å². The predicted octanol–water partition coefficient (Wildman–Crippen LogP) is 0.394. The smallest absolute Gasteiger partial charge is 0.346 e. The monoisotopic (exact) mass is 184 g/mol. The van der Waals surface area contributed by atoms with Crippen LogP contribution in [0.5, 0.6) is 5.75 Å². The fourth-order valence-corrected chi connectivity index (χ4v) is 0.796. The minimum atomic E-state index is -1.56. The van der Waals surface area contributed by atoms with E-state index in [4.69, 9.17) is 10.2 Å². The molecule has 0 radical (unpaired) electrons. The van der Waals surface area contributed by atoms with E-state index in [2.05, 4.69) is 4.98 Å². The molecule has 0 amide bonds.